The van der Waals surface area contributed by atoms with Gasteiger partial charge in [-0.3, -0.25) is 4.79 Å². The van der Waals surface area contributed by atoms with Crippen LogP contribution in [0.4, 0.5) is 0 Å². The van der Waals surface area contributed by atoms with Crippen molar-refractivity contribution in [2.24, 2.45) is 11.7 Å². The Balaban J connectivity index is 0.00000392. The van der Waals surface area contributed by atoms with E-state index in [-0.39, 0.29) is 42.2 Å². The highest BCUT2D eigenvalue weighted by atomic mass is 35.5. The summed E-state index contributed by atoms with van der Waals surface area (Å²) < 4.78 is 34.3. The zero-order valence-corrected chi connectivity index (χ0v) is 18.4. The van der Waals surface area contributed by atoms with Gasteiger partial charge in [0, 0.05) is 30.6 Å². The molecule has 1 aliphatic carbocycles. The monoisotopic (exact) mass is 433 g/mol. The lowest BCUT2D eigenvalue weighted by atomic mass is 9.74. The van der Waals surface area contributed by atoms with E-state index in [2.05, 4.69) is 10.0 Å². The number of amides is 1. The fourth-order valence-electron chi connectivity index (χ4n) is 3.62. The molecule has 28 heavy (non-hydrogen) atoms. The van der Waals surface area contributed by atoms with Crippen LogP contribution in [-0.2, 0) is 21.4 Å². The first-order chi connectivity index (χ1) is 12.8. The van der Waals surface area contributed by atoms with Crippen LogP contribution in [0.3, 0.4) is 0 Å². The van der Waals surface area contributed by atoms with Crippen LogP contribution in [0.25, 0.3) is 0 Å². The Morgan fingerprint density at radius 2 is 2.07 bits per heavy atom. The molecule has 0 saturated heterocycles. The summed E-state index contributed by atoms with van der Waals surface area (Å²) in [6, 6.07) is 4.68. The van der Waals surface area contributed by atoms with Gasteiger partial charge in [0.05, 0.1) is 12.0 Å². The van der Waals surface area contributed by atoms with Gasteiger partial charge in [-0.2, -0.15) is 0 Å². The van der Waals surface area contributed by atoms with Gasteiger partial charge in [-0.15, -0.1) is 12.4 Å². The fraction of sp³-hybridized carbons (Fsp3) is 0.632. The van der Waals surface area contributed by atoms with Gasteiger partial charge >= 0.3 is 0 Å². The number of sulfonamides is 1. The molecule has 9 heteroatoms. The van der Waals surface area contributed by atoms with Gasteiger partial charge in [0.2, 0.25) is 15.9 Å². The molecule has 0 radical (unpaired) electrons. The van der Waals surface area contributed by atoms with E-state index in [0.717, 1.165) is 25.7 Å². The van der Waals surface area contributed by atoms with E-state index in [1.165, 1.54) is 13.2 Å². The molecule has 1 saturated carbocycles. The topological polar surface area (TPSA) is 111 Å². The zero-order chi connectivity index (χ0) is 20.1. The molecule has 0 spiro atoms. The van der Waals surface area contributed by atoms with Gasteiger partial charge in [0.15, 0.2) is 0 Å². The minimum absolute atomic E-state index is 0. The Hall–Kier alpha value is -1.35. The molecule has 2 atom stereocenters. The van der Waals surface area contributed by atoms with Crippen LogP contribution in [0.1, 0.15) is 51.5 Å². The van der Waals surface area contributed by atoms with Crippen molar-refractivity contribution in [3.63, 3.8) is 0 Å². The van der Waals surface area contributed by atoms with Crippen LogP contribution in [0.2, 0.25) is 0 Å². The summed E-state index contributed by atoms with van der Waals surface area (Å²) in [5.74, 6) is 0.596. The highest BCUT2D eigenvalue weighted by molar-refractivity contribution is 7.89. The van der Waals surface area contributed by atoms with Crippen molar-refractivity contribution in [1.29, 1.82) is 0 Å². The second-order valence-corrected chi connectivity index (χ2v) is 8.90. The lowest BCUT2D eigenvalue weighted by molar-refractivity contribution is -0.120. The van der Waals surface area contributed by atoms with Crippen molar-refractivity contribution in [1.82, 2.24) is 10.0 Å². The Morgan fingerprint density at radius 3 is 2.64 bits per heavy atom. The number of halogens is 1. The maximum atomic E-state index is 13.1. The lowest BCUT2D eigenvalue weighted by Crippen LogP contribution is -2.58. The molecule has 0 aromatic heterocycles. The number of hydrogen-bond acceptors (Lipinski definition) is 5. The van der Waals surface area contributed by atoms with Gasteiger partial charge in [0.25, 0.3) is 0 Å². The minimum atomic E-state index is -3.75. The van der Waals surface area contributed by atoms with Crippen LogP contribution in [-0.4, -0.2) is 33.5 Å². The average molecular weight is 434 g/mol. The third-order valence-electron chi connectivity index (χ3n) is 5.51. The molecule has 1 fully saturated rings. The van der Waals surface area contributed by atoms with Crippen molar-refractivity contribution in [3.8, 4) is 5.75 Å². The fourth-order valence-corrected chi connectivity index (χ4v) is 5.20. The van der Waals surface area contributed by atoms with Crippen molar-refractivity contribution in [2.75, 3.05) is 13.7 Å². The molecule has 1 aliphatic rings. The van der Waals surface area contributed by atoms with E-state index in [0.29, 0.717) is 17.7 Å². The number of methoxy groups -OCH3 is 1. The van der Waals surface area contributed by atoms with Crippen LogP contribution in [0.15, 0.2) is 23.1 Å². The summed E-state index contributed by atoms with van der Waals surface area (Å²) in [5.41, 5.74) is 5.99. The number of carbonyl (C=O) groups is 1. The van der Waals surface area contributed by atoms with E-state index >= 15 is 0 Å². The Bertz CT molecular complexity index is 772. The van der Waals surface area contributed by atoms with E-state index in [1.807, 2.05) is 6.92 Å². The molecule has 0 aliphatic heterocycles. The normalized spacial score (nSPS) is 22.2. The highest BCUT2D eigenvalue weighted by Crippen LogP contribution is 2.34. The van der Waals surface area contributed by atoms with Crippen molar-refractivity contribution < 1.29 is 17.9 Å². The number of nitrogens with one attached hydrogen (secondary N) is 2. The Labute approximate surface area is 174 Å². The van der Waals surface area contributed by atoms with Crippen molar-refractivity contribution in [3.05, 3.63) is 23.8 Å². The second kappa shape index (κ2) is 10.4. The smallest absolute Gasteiger partial charge is 0.241 e. The largest absolute Gasteiger partial charge is 0.496 e. The third kappa shape index (κ3) is 5.59. The average Bonchev–Trinajstić information content (AvgIpc) is 2.67. The second-order valence-electron chi connectivity index (χ2n) is 7.22. The number of carbonyl (C=O) groups excluding carboxylic acids is 1. The molecule has 1 amide bonds. The first-order valence-electron chi connectivity index (χ1n) is 9.45. The number of rotatable bonds is 8. The van der Waals surface area contributed by atoms with Gasteiger partial charge in [-0.25, -0.2) is 13.1 Å². The highest BCUT2D eigenvalue weighted by Gasteiger charge is 2.40. The van der Waals surface area contributed by atoms with E-state index in [4.69, 9.17) is 10.5 Å². The van der Waals surface area contributed by atoms with Gasteiger partial charge in [-0.05, 0) is 37.0 Å². The summed E-state index contributed by atoms with van der Waals surface area (Å²) in [5, 5.41) is 2.75. The van der Waals surface area contributed by atoms with E-state index in [1.54, 1.807) is 19.1 Å². The SMILES string of the molecule is CCC(=O)NCc1cc(S(=O)(=O)NC2(CN)CCCCC2C)ccc1OC.Cl. The maximum Gasteiger partial charge on any atom is 0.241 e. The maximum absolute atomic E-state index is 13.1. The predicted octanol–water partition coefficient (Wildman–Crippen LogP) is 2.33. The molecule has 1 aromatic carbocycles. The third-order valence-corrected chi connectivity index (χ3v) is 7.06. The molecule has 4 N–H and O–H groups in total. The van der Waals surface area contributed by atoms with Gasteiger partial charge in [-0.1, -0.05) is 26.7 Å². The Kier molecular flexibility index (Phi) is 9.20. The van der Waals surface area contributed by atoms with Crippen LogP contribution < -0.4 is 20.5 Å². The van der Waals surface area contributed by atoms with Crippen LogP contribution in [0.5, 0.6) is 5.75 Å². The molecule has 160 valence electrons. The Morgan fingerprint density at radius 1 is 1.36 bits per heavy atom. The molecule has 7 nitrogen and oxygen atoms in total. The first kappa shape index (κ1) is 24.7. The number of benzene rings is 1. The summed E-state index contributed by atoms with van der Waals surface area (Å²) >= 11 is 0. The number of hydrogen-bond donors (Lipinski definition) is 3. The van der Waals surface area contributed by atoms with E-state index in [9.17, 15) is 13.2 Å². The predicted molar refractivity (Wildman–Crippen MR) is 112 cm³/mol. The van der Waals surface area contributed by atoms with Gasteiger partial charge < -0.3 is 15.8 Å². The number of ether oxygens (including phenoxy) is 1. The molecule has 0 heterocycles. The quantitative estimate of drug-likeness (QED) is 0.582. The van der Waals surface area contributed by atoms with Crippen molar-refractivity contribution >= 4 is 28.3 Å². The summed E-state index contributed by atoms with van der Waals surface area (Å²) in [6.07, 6.45) is 4.10. The van der Waals surface area contributed by atoms with Crippen LogP contribution in [0, 0.1) is 5.92 Å². The van der Waals surface area contributed by atoms with Gasteiger partial charge in [0.1, 0.15) is 5.75 Å². The summed E-state index contributed by atoms with van der Waals surface area (Å²) in [4.78, 5) is 11.7. The zero-order valence-electron chi connectivity index (χ0n) is 16.8. The first-order valence-corrected chi connectivity index (χ1v) is 10.9. The minimum Gasteiger partial charge on any atom is -0.496 e. The van der Waals surface area contributed by atoms with Crippen molar-refractivity contribution in [2.45, 2.75) is 62.9 Å². The molecule has 1 aromatic rings. The van der Waals surface area contributed by atoms with E-state index < -0.39 is 15.6 Å². The summed E-state index contributed by atoms with van der Waals surface area (Å²) in [6.45, 7) is 4.28. The molecular weight excluding hydrogens is 402 g/mol. The molecule has 0 bridgehead atoms. The van der Waals surface area contributed by atoms with Crippen LogP contribution >= 0.6 is 12.4 Å². The standard InChI is InChI=1S/C19H31N3O4S.ClH/c1-4-18(23)21-12-15-11-16(8-9-17(15)26-3)27(24,25)22-19(13-20)10-6-5-7-14(19)2;/h8-9,11,14,22H,4-7,10,12-13,20H2,1-3H3,(H,21,23);1H. The molecular formula is C19H32ClN3O4S. The molecule has 2 unspecified atom stereocenters. The number of nitrogens with two attached hydrogens (primary N) is 1. The lowest BCUT2D eigenvalue weighted by Gasteiger charge is -2.42. The summed E-state index contributed by atoms with van der Waals surface area (Å²) in [7, 11) is -2.24. The molecule has 2 rings (SSSR count).